The van der Waals surface area contributed by atoms with Crippen LogP contribution in [0.2, 0.25) is 0 Å². The molecule has 0 aliphatic heterocycles. The summed E-state index contributed by atoms with van der Waals surface area (Å²) in [5.74, 6) is 2.36. The van der Waals surface area contributed by atoms with E-state index in [-0.39, 0.29) is 40.4 Å². The predicted octanol–water partition coefficient (Wildman–Crippen LogP) is 5.75. The smallest absolute Gasteiger partial charge is 0.270 e. The fourth-order valence-electron chi connectivity index (χ4n) is 4.67. The van der Waals surface area contributed by atoms with Crippen molar-refractivity contribution in [3.63, 3.8) is 0 Å². The van der Waals surface area contributed by atoms with Gasteiger partial charge in [0, 0.05) is 23.4 Å². The maximum Gasteiger partial charge on any atom is 0.270 e. The number of H-pyrrole nitrogens is 1. The van der Waals surface area contributed by atoms with Gasteiger partial charge in [-0.05, 0) is 30.0 Å². The highest BCUT2D eigenvalue weighted by Gasteiger charge is 2.24. The summed E-state index contributed by atoms with van der Waals surface area (Å²) < 4.78 is 39.8. The lowest BCUT2D eigenvalue weighted by Gasteiger charge is -2.17. The van der Waals surface area contributed by atoms with Crippen molar-refractivity contribution in [1.29, 1.82) is 5.26 Å². The quantitative estimate of drug-likeness (QED) is 0.0927. The number of hydrogen-bond donors (Lipinski definition) is 1. The van der Waals surface area contributed by atoms with Crippen molar-refractivity contribution < 1.29 is 32.8 Å². The summed E-state index contributed by atoms with van der Waals surface area (Å²) in [6, 6.07) is 12.1. The van der Waals surface area contributed by atoms with Gasteiger partial charge in [-0.3, -0.25) is 9.59 Å². The van der Waals surface area contributed by atoms with Gasteiger partial charge in [-0.1, -0.05) is 17.8 Å². The summed E-state index contributed by atoms with van der Waals surface area (Å²) >= 11 is 2.69. The lowest BCUT2D eigenvalue weighted by atomic mass is 10.1. The molecule has 0 saturated heterocycles. The number of hydrogen-bond acceptors (Lipinski definition) is 13. The van der Waals surface area contributed by atoms with Crippen LogP contribution < -0.4 is 39.4 Å². The maximum absolute atomic E-state index is 14.0. The molecule has 3 aromatic heterocycles. The number of thioether (sulfide) groups is 1. The van der Waals surface area contributed by atoms with Crippen molar-refractivity contribution in [3.05, 3.63) is 67.9 Å². The number of aromatic amines is 1. The number of fused-ring (bicyclic) bond motifs is 1. The molecule has 238 valence electrons. The Hall–Kier alpha value is -5.13. The van der Waals surface area contributed by atoms with Crippen LogP contribution in [0.5, 0.6) is 34.5 Å². The van der Waals surface area contributed by atoms with Crippen LogP contribution in [0.15, 0.2) is 60.9 Å². The molecule has 5 rings (SSSR count). The van der Waals surface area contributed by atoms with Gasteiger partial charge in [0.25, 0.3) is 5.56 Å². The third-order valence-electron chi connectivity index (χ3n) is 6.81. The minimum absolute atomic E-state index is 0.0365. The summed E-state index contributed by atoms with van der Waals surface area (Å²) in [6.45, 7) is 0.122. The van der Waals surface area contributed by atoms with Crippen molar-refractivity contribution in [2.75, 3.05) is 47.9 Å². The molecule has 0 bridgehead atoms. The van der Waals surface area contributed by atoms with Gasteiger partial charge < -0.3 is 37.8 Å². The van der Waals surface area contributed by atoms with E-state index in [0.29, 0.717) is 51.6 Å². The fourth-order valence-corrected chi connectivity index (χ4v) is 6.17. The van der Waals surface area contributed by atoms with E-state index in [1.54, 1.807) is 30.3 Å². The van der Waals surface area contributed by atoms with E-state index >= 15 is 0 Å². The highest BCUT2D eigenvalue weighted by Crippen LogP contribution is 2.44. The average Bonchev–Trinajstić information content (AvgIpc) is 3.62. The zero-order valence-electron chi connectivity index (χ0n) is 25.5. The largest absolute Gasteiger partial charge is 0.496 e. The van der Waals surface area contributed by atoms with Gasteiger partial charge >= 0.3 is 0 Å². The molecule has 3 heterocycles. The van der Waals surface area contributed by atoms with E-state index in [2.05, 4.69) is 9.97 Å². The Balaban J connectivity index is 1.47. The van der Waals surface area contributed by atoms with Crippen molar-refractivity contribution in [2.24, 2.45) is 0 Å². The first-order valence-electron chi connectivity index (χ1n) is 13.7. The van der Waals surface area contributed by atoms with E-state index in [1.807, 2.05) is 17.5 Å². The first-order chi connectivity index (χ1) is 22.4. The first-order valence-corrected chi connectivity index (χ1v) is 15.6. The third-order valence-corrected chi connectivity index (χ3v) is 8.65. The Morgan fingerprint density at radius 2 is 1.70 bits per heavy atom. The number of methoxy groups -OCH3 is 5. The normalized spacial score (nSPS) is 10.8. The van der Waals surface area contributed by atoms with E-state index in [4.69, 9.17) is 32.8 Å². The fraction of sp³-hybridized carbons (Fsp3) is 0.250. The second-order valence-electron chi connectivity index (χ2n) is 9.44. The van der Waals surface area contributed by atoms with Crippen LogP contribution in [0.1, 0.15) is 12.0 Å². The van der Waals surface area contributed by atoms with Gasteiger partial charge in [0.15, 0.2) is 22.4 Å². The minimum Gasteiger partial charge on any atom is -0.496 e. The minimum atomic E-state index is -0.506. The van der Waals surface area contributed by atoms with Crippen LogP contribution in [-0.2, 0) is 0 Å². The molecule has 0 aliphatic carbocycles. The molecule has 0 aliphatic rings. The van der Waals surface area contributed by atoms with Crippen LogP contribution in [0.3, 0.4) is 0 Å². The number of thiophene rings is 1. The molecular formula is C32H29N3O9S2. The van der Waals surface area contributed by atoms with Crippen molar-refractivity contribution >= 4 is 34.1 Å². The maximum atomic E-state index is 14.0. The van der Waals surface area contributed by atoms with Crippen molar-refractivity contribution in [1.82, 2.24) is 9.97 Å². The van der Waals surface area contributed by atoms with Crippen molar-refractivity contribution in [3.8, 4) is 62.5 Å². The topological polar surface area (TPSA) is 155 Å². The van der Waals surface area contributed by atoms with Crippen LogP contribution >= 0.6 is 23.1 Å². The molecule has 2 aromatic carbocycles. The molecule has 0 radical (unpaired) electrons. The van der Waals surface area contributed by atoms with Gasteiger partial charge in [-0.15, -0.1) is 11.3 Å². The lowest BCUT2D eigenvalue weighted by molar-refractivity contribution is 0.309. The zero-order chi connectivity index (χ0) is 32.8. The summed E-state index contributed by atoms with van der Waals surface area (Å²) in [5, 5.41) is 11.9. The Morgan fingerprint density at radius 3 is 2.30 bits per heavy atom. The predicted molar refractivity (Wildman–Crippen MR) is 174 cm³/mol. The van der Waals surface area contributed by atoms with Gasteiger partial charge in [-0.25, -0.2) is 4.98 Å². The SMILES string of the molecule is COc1cc(OC)c2c(=O)c(OCCCSc3nc(-c4cccs4)c(C#N)c(=O)[nH]3)c(-c3cc(OC)c(OC)c(OC)c3)oc2c1. The monoisotopic (exact) mass is 663 g/mol. The molecule has 0 atom stereocenters. The van der Waals surface area contributed by atoms with E-state index in [0.717, 1.165) is 4.88 Å². The summed E-state index contributed by atoms with van der Waals surface area (Å²) in [4.78, 5) is 34.5. The van der Waals surface area contributed by atoms with E-state index < -0.39 is 11.0 Å². The Bertz CT molecular complexity index is 2010. The summed E-state index contributed by atoms with van der Waals surface area (Å²) in [5.41, 5.74) is 0.0232. The number of nitrogens with zero attached hydrogens (tertiary/aromatic N) is 2. The molecule has 0 amide bonds. The Morgan fingerprint density at radius 1 is 0.957 bits per heavy atom. The van der Waals surface area contributed by atoms with Crippen molar-refractivity contribution in [2.45, 2.75) is 11.6 Å². The molecular weight excluding hydrogens is 634 g/mol. The highest BCUT2D eigenvalue weighted by atomic mass is 32.2. The Labute approximate surface area is 271 Å². The molecule has 0 unspecified atom stereocenters. The van der Waals surface area contributed by atoms with Crippen LogP contribution in [0, 0.1) is 11.3 Å². The van der Waals surface area contributed by atoms with E-state index in [9.17, 15) is 14.9 Å². The van der Waals surface area contributed by atoms with Gasteiger partial charge in [0.2, 0.25) is 16.9 Å². The van der Waals surface area contributed by atoms with Gasteiger partial charge in [-0.2, -0.15) is 5.26 Å². The van der Waals surface area contributed by atoms with Crippen LogP contribution in [0.25, 0.3) is 32.9 Å². The van der Waals surface area contributed by atoms with Gasteiger partial charge in [0.1, 0.15) is 39.8 Å². The summed E-state index contributed by atoms with van der Waals surface area (Å²) in [7, 11) is 7.42. The zero-order valence-corrected chi connectivity index (χ0v) is 27.2. The number of nitriles is 1. The number of nitrogens with one attached hydrogen (secondary N) is 1. The average molecular weight is 664 g/mol. The second kappa shape index (κ2) is 14.3. The van der Waals surface area contributed by atoms with Crippen LogP contribution in [0.4, 0.5) is 0 Å². The standard InChI is InChI=1S/C32H29N3O9S2/c1-38-18-14-20(39-2)25-21(15-18)44-28(17-12-22(40-3)29(42-5)23(13-17)41-4)30(27(25)36)43-9-7-11-46-32-34-26(24-8-6-10-45-24)19(16-33)31(37)35-32/h6,8,10,12-15H,7,9,11H2,1-5H3,(H,34,35,37). The molecule has 12 nitrogen and oxygen atoms in total. The van der Waals surface area contributed by atoms with E-state index in [1.165, 1.54) is 58.6 Å². The molecule has 0 spiro atoms. The summed E-state index contributed by atoms with van der Waals surface area (Å²) in [6.07, 6.45) is 0.467. The third kappa shape index (κ3) is 6.33. The molecule has 1 N–H and O–H groups in total. The Kier molecular flexibility index (Phi) is 10.0. The highest BCUT2D eigenvalue weighted by molar-refractivity contribution is 7.99. The molecule has 14 heteroatoms. The number of benzene rings is 2. The van der Waals surface area contributed by atoms with Crippen LogP contribution in [-0.4, -0.2) is 57.9 Å². The second-order valence-corrected chi connectivity index (χ2v) is 11.5. The van der Waals surface area contributed by atoms with Gasteiger partial charge in [0.05, 0.1) is 47.0 Å². The number of rotatable bonds is 13. The number of ether oxygens (including phenoxy) is 6. The number of aromatic nitrogens is 2. The molecule has 0 fully saturated rings. The first kappa shape index (κ1) is 32.3. The molecule has 0 saturated carbocycles. The molecule has 5 aromatic rings. The molecule has 46 heavy (non-hydrogen) atoms. The lowest BCUT2D eigenvalue weighted by Crippen LogP contribution is -2.15.